The van der Waals surface area contributed by atoms with Crippen LogP contribution < -0.4 is 15.0 Å². The monoisotopic (exact) mass is 386 g/mol. The molecule has 6 heteroatoms. The molecule has 0 radical (unpaired) electrons. The first-order valence-electron chi connectivity index (χ1n) is 9.04. The van der Waals surface area contributed by atoms with E-state index in [0.29, 0.717) is 23.7 Å². The molecule has 0 aliphatic carbocycles. The minimum atomic E-state index is -0.187. The lowest BCUT2D eigenvalue weighted by molar-refractivity contribution is -0.117. The summed E-state index contributed by atoms with van der Waals surface area (Å²) in [7, 11) is 0. The Hall–Kier alpha value is -2.53. The molecule has 1 aliphatic heterocycles. The molecule has 2 amide bonds. The lowest BCUT2D eigenvalue weighted by Gasteiger charge is -2.18. The van der Waals surface area contributed by atoms with Gasteiger partial charge in [-0.1, -0.05) is 29.8 Å². The number of carbonyl (C=O) groups excluding carboxylic acids is 2. The van der Waals surface area contributed by atoms with Crippen molar-refractivity contribution in [1.29, 1.82) is 0 Å². The molecule has 2 aromatic rings. The Balaban J connectivity index is 1.60. The molecule has 0 atom stereocenters. The molecule has 1 fully saturated rings. The molecule has 2 aromatic carbocycles. The maximum absolute atomic E-state index is 12.3. The Morgan fingerprint density at radius 2 is 1.96 bits per heavy atom. The van der Waals surface area contributed by atoms with Gasteiger partial charge in [0.2, 0.25) is 11.8 Å². The fourth-order valence-electron chi connectivity index (χ4n) is 3.18. The number of hydrogen-bond donors (Lipinski definition) is 1. The van der Waals surface area contributed by atoms with E-state index in [-0.39, 0.29) is 24.8 Å². The lowest BCUT2D eigenvalue weighted by atomic mass is 10.1. The zero-order valence-corrected chi connectivity index (χ0v) is 16.3. The molecule has 142 valence electrons. The zero-order valence-electron chi connectivity index (χ0n) is 15.5. The van der Waals surface area contributed by atoms with Crippen LogP contribution in [0, 0.1) is 13.8 Å². The second-order valence-electron chi connectivity index (χ2n) is 6.68. The first-order chi connectivity index (χ1) is 13.0. The van der Waals surface area contributed by atoms with Gasteiger partial charge >= 0.3 is 0 Å². The van der Waals surface area contributed by atoms with Crippen molar-refractivity contribution < 1.29 is 14.3 Å². The van der Waals surface area contributed by atoms with Crippen molar-refractivity contribution in [2.75, 3.05) is 23.4 Å². The van der Waals surface area contributed by atoms with Crippen molar-refractivity contribution in [3.05, 3.63) is 52.5 Å². The van der Waals surface area contributed by atoms with Crippen molar-refractivity contribution in [1.82, 2.24) is 0 Å². The van der Waals surface area contributed by atoms with Crippen LogP contribution in [0.5, 0.6) is 5.75 Å². The maximum atomic E-state index is 12.3. The predicted molar refractivity (Wildman–Crippen MR) is 108 cm³/mol. The topological polar surface area (TPSA) is 58.6 Å². The van der Waals surface area contributed by atoms with Crippen molar-refractivity contribution in [2.24, 2.45) is 0 Å². The van der Waals surface area contributed by atoms with Crippen LogP contribution in [-0.4, -0.2) is 25.0 Å². The standard InChI is InChI=1S/C21H23ClN2O3/c1-14-5-3-6-15(2)21(14)27-12-10-19(25)23-18-13-16(8-9-17(18)22)24-11-4-7-20(24)26/h3,5-6,8-9,13H,4,7,10-12H2,1-2H3,(H,23,25). The number of nitrogens with zero attached hydrogens (tertiary/aromatic N) is 1. The highest BCUT2D eigenvalue weighted by Gasteiger charge is 2.22. The normalized spacial score (nSPS) is 13.7. The lowest BCUT2D eigenvalue weighted by Crippen LogP contribution is -2.24. The van der Waals surface area contributed by atoms with Gasteiger partial charge in [-0.25, -0.2) is 0 Å². The van der Waals surface area contributed by atoms with Gasteiger partial charge in [-0.3, -0.25) is 9.59 Å². The molecule has 0 unspecified atom stereocenters. The van der Waals surface area contributed by atoms with Gasteiger partial charge in [0.05, 0.1) is 23.7 Å². The molecular weight excluding hydrogens is 364 g/mol. The van der Waals surface area contributed by atoms with Crippen molar-refractivity contribution in [3.8, 4) is 5.75 Å². The van der Waals surface area contributed by atoms with Gasteiger partial charge < -0.3 is 15.0 Å². The van der Waals surface area contributed by atoms with Gasteiger partial charge in [-0.15, -0.1) is 0 Å². The van der Waals surface area contributed by atoms with Crippen LogP contribution in [0.4, 0.5) is 11.4 Å². The number of nitrogens with one attached hydrogen (secondary N) is 1. The summed E-state index contributed by atoms with van der Waals surface area (Å²) in [5.41, 5.74) is 3.35. The number of para-hydroxylation sites is 1. The van der Waals surface area contributed by atoms with Crippen LogP contribution >= 0.6 is 11.6 Å². The summed E-state index contributed by atoms with van der Waals surface area (Å²) in [6, 6.07) is 11.2. The summed E-state index contributed by atoms with van der Waals surface area (Å²) < 4.78 is 5.78. The fraction of sp³-hybridized carbons (Fsp3) is 0.333. The molecule has 1 saturated heterocycles. The van der Waals surface area contributed by atoms with E-state index in [0.717, 1.165) is 29.0 Å². The fourth-order valence-corrected chi connectivity index (χ4v) is 3.35. The third kappa shape index (κ3) is 4.61. The molecule has 0 spiro atoms. The molecule has 5 nitrogen and oxygen atoms in total. The van der Waals surface area contributed by atoms with E-state index in [1.165, 1.54) is 0 Å². The van der Waals surface area contributed by atoms with E-state index in [1.54, 1.807) is 23.1 Å². The molecule has 3 rings (SSSR count). The predicted octanol–water partition coefficient (Wildman–Crippen LogP) is 4.49. The van der Waals surface area contributed by atoms with Crippen molar-refractivity contribution in [2.45, 2.75) is 33.1 Å². The summed E-state index contributed by atoms with van der Waals surface area (Å²) in [5.74, 6) is 0.725. The highest BCUT2D eigenvalue weighted by Crippen LogP contribution is 2.30. The summed E-state index contributed by atoms with van der Waals surface area (Å²) in [6.45, 7) is 4.93. The van der Waals surface area contributed by atoms with Crippen molar-refractivity contribution >= 4 is 34.8 Å². The van der Waals surface area contributed by atoms with E-state index >= 15 is 0 Å². The van der Waals surface area contributed by atoms with Crippen LogP contribution in [0.25, 0.3) is 0 Å². The SMILES string of the molecule is Cc1cccc(C)c1OCCC(=O)Nc1cc(N2CCCC2=O)ccc1Cl. The number of benzene rings is 2. The highest BCUT2D eigenvalue weighted by molar-refractivity contribution is 6.33. The number of hydrogen-bond acceptors (Lipinski definition) is 3. The average Bonchev–Trinajstić information content (AvgIpc) is 3.05. The van der Waals surface area contributed by atoms with Crippen LogP contribution in [0.3, 0.4) is 0 Å². The Bertz CT molecular complexity index is 846. The summed E-state index contributed by atoms with van der Waals surface area (Å²) in [4.78, 5) is 25.9. The first-order valence-corrected chi connectivity index (χ1v) is 9.42. The van der Waals surface area contributed by atoms with Crippen LogP contribution in [-0.2, 0) is 9.59 Å². The number of anilines is 2. The number of aryl methyl sites for hydroxylation is 2. The molecule has 27 heavy (non-hydrogen) atoms. The summed E-state index contributed by atoms with van der Waals surface area (Å²) >= 11 is 6.21. The molecule has 0 aromatic heterocycles. The van der Waals surface area contributed by atoms with E-state index < -0.39 is 0 Å². The quantitative estimate of drug-likeness (QED) is 0.795. The maximum Gasteiger partial charge on any atom is 0.227 e. The molecule has 1 N–H and O–H groups in total. The minimum absolute atomic E-state index is 0.0941. The summed E-state index contributed by atoms with van der Waals surface area (Å²) in [6.07, 6.45) is 1.61. The average molecular weight is 387 g/mol. The minimum Gasteiger partial charge on any atom is -0.493 e. The van der Waals surface area contributed by atoms with Gasteiger partial charge in [-0.2, -0.15) is 0 Å². The van der Waals surface area contributed by atoms with Gasteiger partial charge in [0.1, 0.15) is 5.75 Å². The Labute approximate surface area is 164 Å². The molecule has 0 saturated carbocycles. The number of carbonyl (C=O) groups is 2. The van der Waals surface area contributed by atoms with Gasteiger partial charge in [0.15, 0.2) is 0 Å². The number of amides is 2. The molecular formula is C21H23ClN2O3. The second kappa shape index (κ2) is 8.44. The number of ether oxygens (including phenoxy) is 1. The molecule has 1 heterocycles. The highest BCUT2D eigenvalue weighted by atomic mass is 35.5. The van der Waals surface area contributed by atoms with Crippen LogP contribution in [0.2, 0.25) is 5.02 Å². The van der Waals surface area contributed by atoms with Gasteiger partial charge in [0.25, 0.3) is 0 Å². The van der Waals surface area contributed by atoms with E-state index in [2.05, 4.69) is 5.32 Å². The third-order valence-electron chi connectivity index (χ3n) is 4.59. The number of rotatable bonds is 6. The smallest absolute Gasteiger partial charge is 0.227 e. The van der Waals surface area contributed by atoms with Crippen molar-refractivity contribution in [3.63, 3.8) is 0 Å². The van der Waals surface area contributed by atoms with Gasteiger partial charge in [0, 0.05) is 18.7 Å². The molecule has 0 bridgehead atoms. The Morgan fingerprint density at radius 3 is 2.63 bits per heavy atom. The van der Waals surface area contributed by atoms with Crippen LogP contribution in [0.15, 0.2) is 36.4 Å². The molecule has 1 aliphatic rings. The zero-order chi connectivity index (χ0) is 19.4. The Kier molecular flexibility index (Phi) is 6.01. The van der Waals surface area contributed by atoms with E-state index in [9.17, 15) is 9.59 Å². The largest absolute Gasteiger partial charge is 0.493 e. The Morgan fingerprint density at radius 1 is 1.22 bits per heavy atom. The van der Waals surface area contributed by atoms with E-state index in [4.69, 9.17) is 16.3 Å². The van der Waals surface area contributed by atoms with Gasteiger partial charge in [-0.05, 0) is 49.6 Å². The number of halogens is 1. The first kappa shape index (κ1) is 19.2. The van der Waals surface area contributed by atoms with E-state index in [1.807, 2.05) is 32.0 Å². The van der Waals surface area contributed by atoms with Crippen LogP contribution in [0.1, 0.15) is 30.4 Å². The second-order valence-corrected chi connectivity index (χ2v) is 7.09. The third-order valence-corrected chi connectivity index (χ3v) is 4.92. The summed E-state index contributed by atoms with van der Waals surface area (Å²) in [5, 5.41) is 3.25.